The predicted octanol–water partition coefficient (Wildman–Crippen LogP) is 5.86. The number of rotatable bonds is 13. The molecular weight excluding hydrogens is 532 g/mol. The smallest absolute Gasteiger partial charge is 0.338 e. The maximum Gasteiger partial charge on any atom is 0.338 e. The van der Waals surface area contributed by atoms with Crippen molar-refractivity contribution in [2.75, 3.05) is 7.11 Å². The Bertz CT molecular complexity index is 1340. The van der Waals surface area contributed by atoms with Crippen LogP contribution in [-0.2, 0) is 59.6 Å². The number of ether oxygens (including phenoxy) is 6. The lowest BCUT2D eigenvalue weighted by molar-refractivity contribution is -0.319. The molecule has 0 N–H and O–H groups in total. The Morgan fingerprint density at radius 2 is 0.952 bits per heavy atom. The minimum absolute atomic E-state index is 0.106. The molecule has 4 aromatic carbocycles. The molecule has 0 radical (unpaired) electrons. The van der Waals surface area contributed by atoms with Crippen molar-refractivity contribution in [3.8, 4) is 0 Å². The highest BCUT2D eigenvalue weighted by Gasteiger charge is 2.51. The van der Waals surface area contributed by atoms with Crippen molar-refractivity contribution in [3.63, 3.8) is 0 Å². The summed E-state index contributed by atoms with van der Waals surface area (Å²) < 4.78 is 37.1. The van der Waals surface area contributed by atoms with Gasteiger partial charge in [-0.15, -0.1) is 0 Å². The third kappa shape index (κ3) is 8.12. The zero-order valence-electron chi connectivity index (χ0n) is 23.6. The van der Waals surface area contributed by atoms with Crippen molar-refractivity contribution in [1.29, 1.82) is 0 Å². The van der Waals surface area contributed by atoms with Crippen LogP contribution in [0, 0.1) is 0 Å². The summed E-state index contributed by atoms with van der Waals surface area (Å²) in [5.74, 6) is -0.561. The zero-order valence-corrected chi connectivity index (χ0v) is 23.6. The van der Waals surface area contributed by atoms with Crippen LogP contribution in [0.2, 0.25) is 0 Å². The highest BCUT2D eigenvalue weighted by Crippen LogP contribution is 2.31. The summed E-state index contributed by atoms with van der Waals surface area (Å²) in [5.41, 5.74) is 3.79. The maximum atomic E-state index is 13.5. The van der Waals surface area contributed by atoms with Crippen LogP contribution in [0.5, 0.6) is 0 Å². The third-order valence-electron chi connectivity index (χ3n) is 7.05. The summed E-state index contributed by atoms with van der Waals surface area (Å²) in [4.78, 5) is 13.5. The average Bonchev–Trinajstić information content (AvgIpc) is 3.06. The van der Waals surface area contributed by atoms with Crippen molar-refractivity contribution in [1.82, 2.24) is 0 Å². The van der Waals surface area contributed by atoms with Gasteiger partial charge in [-0.3, -0.25) is 0 Å². The van der Waals surface area contributed by atoms with Crippen molar-refractivity contribution in [3.05, 3.63) is 144 Å². The average molecular weight is 569 g/mol. The number of esters is 1. The number of hydrogen-bond donors (Lipinski definition) is 0. The molecule has 0 bridgehead atoms. The molecule has 1 aliphatic rings. The highest BCUT2D eigenvalue weighted by molar-refractivity contribution is 5.76. The minimum atomic E-state index is -1.10. The highest BCUT2D eigenvalue weighted by atomic mass is 16.7. The van der Waals surface area contributed by atoms with Gasteiger partial charge >= 0.3 is 5.97 Å². The number of carbonyl (C=O) groups excluding carboxylic acids is 1. The second-order valence-corrected chi connectivity index (χ2v) is 10.0. The summed E-state index contributed by atoms with van der Waals surface area (Å²) in [6.45, 7) is 0.944. The van der Waals surface area contributed by atoms with E-state index in [1.807, 2.05) is 121 Å². The topological polar surface area (TPSA) is 72.5 Å². The number of carbonyl (C=O) groups is 1. The Labute approximate surface area is 246 Å². The van der Waals surface area contributed by atoms with E-state index in [1.165, 1.54) is 7.11 Å². The van der Waals surface area contributed by atoms with E-state index in [0.717, 1.165) is 22.3 Å². The first kappa shape index (κ1) is 29.6. The molecule has 7 nitrogen and oxygen atoms in total. The van der Waals surface area contributed by atoms with E-state index in [2.05, 4.69) is 0 Å². The van der Waals surface area contributed by atoms with Gasteiger partial charge in [-0.25, -0.2) is 4.79 Å². The van der Waals surface area contributed by atoms with Gasteiger partial charge in [-0.1, -0.05) is 121 Å². The number of hydrogen-bond acceptors (Lipinski definition) is 7. The first-order chi connectivity index (χ1) is 20.7. The standard InChI is InChI=1S/C35H36O7/c1-37-30-31(38-22-26-14-6-2-7-15-26)33(39-23-27-16-8-3-9-17-27)35(41-25-29-20-12-5-13-21-29)42-32(30)34(36)40-24-28-18-10-4-11-19-28/h2-21,30-33,35H,22-25H2,1H3/t30-,31-,32-,33+,35+/m0/s1. The lowest BCUT2D eigenvalue weighted by Gasteiger charge is -2.44. The summed E-state index contributed by atoms with van der Waals surface area (Å²) in [6, 6.07) is 38.9. The molecule has 5 rings (SSSR count). The van der Waals surface area contributed by atoms with Crippen LogP contribution in [0.3, 0.4) is 0 Å². The van der Waals surface area contributed by atoms with Gasteiger partial charge in [0.2, 0.25) is 0 Å². The fraction of sp³-hybridized carbons (Fsp3) is 0.286. The lowest BCUT2D eigenvalue weighted by Crippen LogP contribution is -2.62. The summed E-state index contributed by atoms with van der Waals surface area (Å²) in [6.07, 6.45) is -4.26. The van der Waals surface area contributed by atoms with Gasteiger partial charge in [-0.05, 0) is 22.3 Å². The van der Waals surface area contributed by atoms with Crippen molar-refractivity contribution in [2.24, 2.45) is 0 Å². The van der Waals surface area contributed by atoms with Crippen LogP contribution in [-0.4, -0.2) is 43.8 Å². The number of benzene rings is 4. The summed E-state index contributed by atoms with van der Waals surface area (Å²) in [5, 5.41) is 0. The molecule has 4 aromatic rings. The Balaban J connectivity index is 1.41. The van der Waals surface area contributed by atoms with E-state index in [9.17, 15) is 4.79 Å². The molecule has 1 saturated heterocycles. The van der Waals surface area contributed by atoms with E-state index in [4.69, 9.17) is 28.4 Å². The van der Waals surface area contributed by atoms with E-state index < -0.39 is 36.7 Å². The van der Waals surface area contributed by atoms with Crippen LogP contribution >= 0.6 is 0 Å². The van der Waals surface area contributed by atoms with Gasteiger partial charge in [0.1, 0.15) is 24.9 Å². The summed E-state index contributed by atoms with van der Waals surface area (Å²) >= 11 is 0. The quantitative estimate of drug-likeness (QED) is 0.187. The van der Waals surface area contributed by atoms with Gasteiger partial charge < -0.3 is 28.4 Å². The van der Waals surface area contributed by atoms with Crippen LogP contribution in [0.1, 0.15) is 22.3 Å². The molecule has 0 spiro atoms. The Kier molecular flexibility index (Phi) is 10.9. The number of methoxy groups -OCH3 is 1. The zero-order chi connectivity index (χ0) is 29.0. The van der Waals surface area contributed by atoms with Crippen LogP contribution in [0.4, 0.5) is 0 Å². The molecule has 218 valence electrons. The summed E-state index contributed by atoms with van der Waals surface area (Å²) in [7, 11) is 1.53. The predicted molar refractivity (Wildman–Crippen MR) is 157 cm³/mol. The van der Waals surface area contributed by atoms with Crippen LogP contribution in [0.25, 0.3) is 0 Å². The van der Waals surface area contributed by atoms with Crippen molar-refractivity contribution < 1.29 is 33.2 Å². The Morgan fingerprint density at radius 3 is 1.40 bits per heavy atom. The van der Waals surface area contributed by atoms with E-state index in [1.54, 1.807) is 0 Å². The molecular formula is C35H36O7. The molecule has 5 atom stereocenters. The second-order valence-electron chi connectivity index (χ2n) is 10.0. The molecule has 1 aliphatic heterocycles. The molecule has 1 fully saturated rings. The molecule has 0 saturated carbocycles. The minimum Gasteiger partial charge on any atom is -0.459 e. The molecule has 0 amide bonds. The van der Waals surface area contributed by atoms with Crippen LogP contribution < -0.4 is 0 Å². The van der Waals surface area contributed by atoms with Gasteiger partial charge in [0.25, 0.3) is 0 Å². The van der Waals surface area contributed by atoms with Crippen molar-refractivity contribution in [2.45, 2.75) is 57.1 Å². The Hall–Kier alpha value is -3.85. The van der Waals surface area contributed by atoms with Gasteiger partial charge in [0.15, 0.2) is 12.4 Å². The SMILES string of the molecule is CO[C@H]1[C@H](OCc2ccccc2)[C@@H](OCc2ccccc2)[C@H](OCc2ccccc2)O[C@@H]1C(=O)OCc1ccccc1. The largest absolute Gasteiger partial charge is 0.459 e. The fourth-order valence-corrected chi connectivity index (χ4v) is 4.85. The normalized spacial score (nSPS) is 22.0. The van der Waals surface area contributed by atoms with Gasteiger partial charge in [0.05, 0.1) is 19.8 Å². The maximum absolute atomic E-state index is 13.5. The van der Waals surface area contributed by atoms with E-state index >= 15 is 0 Å². The first-order valence-electron chi connectivity index (χ1n) is 14.1. The first-order valence-corrected chi connectivity index (χ1v) is 14.1. The molecule has 0 unspecified atom stereocenters. The monoisotopic (exact) mass is 568 g/mol. The Morgan fingerprint density at radius 1 is 0.548 bits per heavy atom. The fourth-order valence-electron chi connectivity index (χ4n) is 4.85. The third-order valence-corrected chi connectivity index (χ3v) is 7.05. The van der Waals surface area contributed by atoms with Gasteiger partial charge in [-0.2, -0.15) is 0 Å². The van der Waals surface area contributed by atoms with E-state index in [-0.39, 0.29) is 19.8 Å². The molecule has 0 aliphatic carbocycles. The second kappa shape index (κ2) is 15.4. The molecule has 0 aromatic heterocycles. The van der Waals surface area contributed by atoms with Crippen LogP contribution in [0.15, 0.2) is 121 Å². The van der Waals surface area contributed by atoms with E-state index in [0.29, 0.717) is 6.61 Å². The van der Waals surface area contributed by atoms with Gasteiger partial charge in [0, 0.05) is 7.11 Å². The molecule has 1 heterocycles. The molecule has 7 heteroatoms. The molecule has 42 heavy (non-hydrogen) atoms. The lowest BCUT2D eigenvalue weighted by atomic mass is 9.97. The van der Waals surface area contributed by atoms with Crippen molar-refractivity contribution >= 4 is 5.97 Å².